The van der Waals surface area contributed by atoms with Gasteiger partial charge in [-0.25, -0.2) is 13.6 Å². The lowest BCUT2D eigenvalue weighted by molar-refractivity contribution is -0.151. The average molecular weight is 329 g/mol. The van der Waals surface area contributed by atoms with Crippen molar-refractivity contribution in [3.63, 3.8) is 0 Å². The van der Waals surface area contributed by atoms with E-state index in [1.165, 1.54) is 26.4 Å². The first-order chi connectivity index (χ1) is 10.3. The minimum absolute atomic E-state index is 0.137. The molecule has 0 atom stereocenters. The highest BCUT2D eigenvalue weighted by Crippen LogP contribution is 2.38. The van der Waals surface area contributed by atoms with Gasteiger partial charge in [0.2, 0.25) is 10.0 Å². The summed E-state index contributed by atoms with van der Waals surface area (Å²) in [7, 11) is -1.31. The number of hydrogen-bond acceptors (Lipinski definition) is 6. The zero-order valence-electron chi connectivity index (χ0n) is 12.5. The van der Waals surface area contributed by atoms with Gasteiger partial charge in [0.15, 0.2) is 0 Å². The maximum atomic E-state index is 12.3. The zero-order valence-corrected chi connectivity index (χ0v) is 13.3. The van der Waals surface area contributed by atoms with Crippen LogP contribution in [0.25, 0.3) is 0 Å². The van der Waals surface area contributed by atoms with Crippen LogP contribution >= 0.6 is 0 Å². The number of methoxy groups -OCH3 is 2. The van der Waals surface area contributed by atoms with Gasteiger partial charge in [-0.05, 0) is 30.5 Å². The zero-order chi connectivity index (χ0) is 16.4. The minimum atomic E-state index is -3.97. The number of nitrogens with two attached hydrogens (primary N) is 1. The van der Waals surface area contributed by atoms with E-state index in [0.717, 1.165) is 0 Å². The Morgan fingerprint density at radius 2 is 1.91 bits per heavy atom. The standard InChI is InChI=1S/C14H19NO6S/c1-19-11-4-3-10(9-12(11)22(15,17)18)14(13(16)20-2)5-7-21-8-6-14/h3-4,9H,5-8H2,1-2H3,(H2,15,17,18). The molecule has 0 aromatic heterocycles. The molecule has 2 rings (SSSR count). The maximum absolute atomic E-state index is 12.3. The third-order valence-electron chi connectivity index (χ3n) is 3.95. The van der Waals surface area contributed by atoms with E-state index in [-0.39, 0.29) is 10.6 Å². The number of sulfonamides is 1. The Morgan fingerprint density at radius 1 is 1.27 bits per heavy atom. The fraction of sp³-hybridized carbons (Fsp3) is 0.500. The molecule has 7 nitrogen and oxygen atoms in total. The highest BCUT2D eigenvalue weighted by atomic mass is 32.2. The van der Waals surface area contributed by atoms with Crippen LogP contribution in [0.1, 0.15) is 18.4 Å². The summed E-state index contributed by atoms with van der Waals surface area (Å²) < 4.78 is 38.8. The van der Waals surface area contributed by atoms with Crippen molar-refractivity contribution in [2.75, 3.05) is 27.4 Å². The van der Waals surface area contributed by atoms with Gasteiger partial charge >= 0.3 is 5.97 Å². The van der Waals surface area contributed by atoms with E-state index in [1.54, 1.807) is 6.07 Å². The van der Waals surface area contributed by atoms with Crippen LogP contribution < -0.4 is 9.88 Å². The lowest BCUT2D eigenvalue weighted by Crippen LogP contribution is -2.42. The summed E-state index contributed by atoms with van der Waals surface area (Å²) in [5.41, 5.74) is -0.397. The van der Waals surface area contributed by atoms with Gasteiger partial charge in [-0.3, -0.25) is 4.79 Å². The molecule has 1 fully saturated rings. The van der Waals surface area contributed by atoms with Gasteiger partial charge in [-0.15, -0.1) is 0 Å². The first-order valence-electron chi connectivity index (χ1n) is 6.72. The number of hydrogen-bond donors (Lipinski definition) is 1. The third-order valence-corrected chi connectivity index (χ3v) is 4.88. The monoisotopic (exact) mass is 329 g/mol. The predicted molar refractivity (Wildman–Crippen MR) is 78.1 cm³/mol. The molecule has 1 saturated heterocycles. The summed E-state index contributed by atoms with van der Waals surface area (Å²) in [4.78, 5) is 12.2. The average Bonchev–Trinajstić information content (AvgIpc) is 2.53. The van der Waals surface area contributed by atoms with Crippen molar-refractivity contribution in [2.24, 2.45) is 5.14 Å². The summed E-state index contributed by atoms with van der Waals surface area (Å²) in [6, 6.07) is 4.54. The second-order valence-electron chi connectivity index (χ2n) is 5.10. The Balaban J connectivity index is 2.60. The normalized spacial score (nSPS) is 17.8. The van der Waals surface area contributed by atoms with Gasteiger partial charge in [0, 0.05) is 13.2 Å². The topological polar surface area (TPSA) is 105 Å². The minimum Gasteiger partial charge on any atom is -0.495 e. The molecule has 122 valence electrons. The second-order valence-corrected chi connectivity index (χ2v) is 6.63. The van der Waals surface area contributed by atoms with Crippen LogP contribution in [-0.2, 0) is 29.7 Å². The van der Waals surface area contributed by atoms with E-state index >= 15 is 0 Å². The number of primary sulfonamides is 1. The summed E-state index contributed by atoms with van der Waals surface area (Å²) >= 11 is 0. The molecule has 1 heterocycles. The van der Waals surface area contributed by atoms with Crippen molar-refractivity contribution in [3.05, 3.63) is 23.8 Å². The summed E-state index contributed by atoms with van der Waals surface area (Å²) in [5.74, 6) is -0.278. The van der Waals surface area contributed by atoms with Crippen LogP contribution in [0.3, 0.4) is 0 Å². The molecule has 1 aliphatic rings. The van der Waals surface area contributed by atoms with Gasteiger partial charge in [-0.2, -0.15) is 0 Å². The molecule has 0 radical (unpaired) electrons. The van der Waals surface area contributed by atoms with Crippen molar-refractivity contribution in [3.8, 4) is 5.75 Å². The molecule has 0 amide bonds. The van der Waals surface area contributed by atoms with E-state index in [0.29, 0.717) is 31.6 Å². The first-order valence-corrected chi connectivity index (χ1v) is 8.27. The van der Waals surface area contributed by atoms with Gasteiger partial charge in [0.1, 0.15) is 10.6 Å². The van der Waals surface area contributed by atoms with E-state index in [9.17, 15) is 13.2 Å². The predicted octanol–water partition coefficient (Wildman–Crippen LogP) is 0.564. The lowest BCUT2D eigenvalue weighted by Gasteiger charge is -2.35. The quantitative estimate of drug-likeness (QED) is 0.810. The molecular formula is C14H19NO6S. The molecule has 0 bridgehead atoms. The fourth-order valence-electron chi connectivity index (χ4n) is 2.72. The molecule has 0 aliphatic carbocycles. The Kier molecular flexibility index (Phi) is 4.74. The SMILES string of the molecule is COC(=O)C1(c2ccc(OC)c(S(N)(=O)=O)c2)CCOCC1. The molecule has 1 aliphatic heterocycles. The van der Waals surface area contributed by atoms with Gasteiger partial charge < -0.3 is 14.2 Å². The van der Waals surface area contributed by atoms with Crippen LogP contribution in [0.5, 0.6) is 5.75 Å². The van der Waals surface area contributed by atoms with Crippen LogP contribution in [0.15, 0.2) is 23.1 Å². The number of ether oxygens (including phenoxy) is 3. The van der Waals surface area contributed by atoms with E-state index in [4.69, 9.17) is 19.3 Å². The number of carbonyl (C=O) groups excluding carboxylic acids is 1. The Morgan fingerprint density at radius 3 is 2.41 bits per heavy atom. The smallest absolute Gasteiger partial charge is 0.316 e. The lowest BCUT2D eigenvalue weighted by atomic mass is 9.74. The van der Waals surface area contributed by atoms with Crippen molar-refractivity contribution < 1.29 is 27.4 Å². The first kappa shape index (κ1) is 16.7. The summed E-state index contributed by atoms with van der Waals surface area (Å²) in [6.07, 6.45) is 0.826. The molecule has 0 saturated carbocycles. The Bertz CT molecular complexity index is 664. The van der Waals surface area contributed by atoms with Crippen molar-refractivity contribution in [1.82, 2.24) is 0 Å². The van der Waals surface area contributed by atoms with Crippen LogP contribution in [-0.4, -0.2) is 41.8 Å². The van der Waals surface area contributed by atoms with Crippen LogP contribution in [0.4, 0.5) is 0 Å². The maximum Gasteiger partial charge on any atom is 0.316 e. The van der Waals surface area contributed by atoms with E-state index in [1.807, 2.05) is 0 Å². The largest absolute Gasteiger partial charge is 0.495 e. The Hall–Kier alpha value is -1.64. The molecule has 0 spiro atoms. The van der Waals surface area contributed by atoms with Gasteiger partial charge in [0.25, 0.3) is 0 Å². The molecule has 2 N–H and O–H groups in total. The highest BCUT2D eigenvalue weighted by molar-refractivity contribution is 7.89. The molecule has 22 heavy (non-hydrogen) atoms. The van der Waals surface area contributed by atoms with Crippen LogP contribution in [0.2, 0.25) is 0 Å². The number of rotatable bonds is 4. The summed E-state index contributed by atoms with van der Waals surface area (Å²) in [5, 5.41) is 5.23. The number of benzene rings is 1. The van der Waals surface area contributed by atoms with Crippen molar-refractivity contribution in [2.45, 2.75) is 23.2 Å². The number of carbonyl (C=O) groups is 1. The summed E-state index contributed by atoms with van der Waals surface area (Å²) in [6.45, 7) is 0.789. The molecule has 1 aromatic carbocycles. The van der Waals surface area contributed by atoms with Crippen molar-refractivity contribution >= 4 is 16.0 Å². The van der Waals surface area contributed by atoms with E-state index in [2.05, 4.69) is 0 Å². The van der Waals surface area contributed by atoms with Crippen LogP contribution in [0, 0.1) is 0 Å². The third kappa shape index (κ3) is 2.94. The molecule has 1 aromatic rings. The Labute approximate surface area is 129 Å². The molecule has 0 unspecified atom stereocenters. The highest BCUT2D eigenvalue weighted by Gasteiger charge is 2.43. The molecule has 8 heteroatoms. The molecular weight excluding hydrogens is 310 g/mol. The number of esters is 1. The van der Waals surface area contributed by atoms with Gasteiger partial charge in [-0.1, -0.05) is 6.07 Å². The second kappa shape index (κ2) is 6.23. The fourth-order valence-corrected chi connectivity index (χ4v) is 3.45. The van der Waals surface area contributed by atoms with Crippen molar-refractivity contribution in [1.29, 1.82) is 0 Å². The van der Waals surface area contributed by atoms with Gasteiger partial charge in [0.05, 0.1) is 19.6 Å². The van der Waals surface area contributed by atoms with E-state index < -0.39 is 21.4 Å².